The molecule has 0 atom stereocenters. The van der Waals surface area contributed by atoms with Crippen LogP contribution < -0.4 is 9.80 Å². The van der Waals surface area contributed by atoms with Gasteiger partial charge in [0, 0.05) is 43.5 Å². The zero-order chi connectivity index (χ0) is 24.8. The van der Waals surface area contributed by atoms with Gasteiger partial charge in [0.05, 0.1) is 0 Å². The quantitative estimate of drug-likeness (QED) is 0.289. The van der Waals surface area contributed by atoms with Gasteiger partial charge in [-0.25, -0.2) is 0 Å². The van der Waals surface area contributed by atoms with Gasteiger partial charge in [0.15, 0.2) is 0 Å². The van der Waals surface area contributed by atoms with Gasteiger partial charge >= 0.3 is 0 Å². The second-order valence-electron chi connectivity index (χ2n) is 10.5. The monoisotopic (exact) mass is 470 g/mol. The molecule has 2 heteroatoms. The van der Waals surface area contributed by atoms with E-state index >= 15 is 0 Å². The molecule has 0 saturated heterocycles. The van der Waals surface area contributed by atoms with Gasteiger partial charge in [-0.3, -0.25) is 0 Å². The third kappa shape index (κ3) is 5.68. The van der Waals surface area contributed by atoms with Gasteiger partial charge in [-0.2, -0.15) is 0 Å². The highest BCUT2D eigenvalue weighted by atomic mass is 15.1. The van der Waals surface area contributed by atoms with Crippen LogP contribution in [0.15, 0.2) is 47.5 Å². The fourth-order valence-corrected chi connectivity index (χ4v) is 6.14. The Kier molecular flexibility index (Phi) is 8.76. The molecule has 35 heavy (non-hydrogen) atoms. The Morgan fingerprint density at radius 3 is 1.34 bits per heavy atom. The first-order chi connectivity index (χ1) is 17.1. The normalized spacial score (nSPS) is 14.1. The molecule has 0 amide bonds. The van der Waals surface area contributed by atoms with Crippen molar-refractivity contribution in [2.75, 3.05) is 36.0 Å². The van der Waals surface area contributed by atoms with Crippen molar-refractivity contribution in [2.45, 2.75) is 79.6 Å². The van der Waals surface area contributed by atoms with E-state index in [4.69, 9.17) is 0 Å². The lowest BCUT2D eigenvalue weighted by Crippen LogP contribution is -2.24. The molecule has 0 bridgehead atoms. The minimum Gasteiger partial charge on any atom is -0.372 e. The number of allylic oxidation sites excluding steroid dienone is 2. The van der Waals surface area contributed by atoms with Crippen molar-refractivity contribution in [3.8, 4) is 0 Å². The summed E-state index contributed by atoms with van der Waals surface area (Å²) in [6.45, 7) is 16.1. The van der Waals surface area contributed by atoms with E-state index in [0.29, 0.717) is 5.92 Å². The fraction of sp³-hybridized carbons (Fsp3) is 0.515. The zero-order valence-electron chi connectivity index (χ0n) is 22.9. The summed E-state index contributed by atoms with van der Waals surface area (Å²) in [6.07, 6.45) is 13.2. The number of hydrogen-bond acceptors (Lipinski definition) is 2. The molecule has 0 spiro atoms. The van der Waals surface area contributed by atoms with E-state index in [2.05, 4.69) is 93.0 Å². The van der Waals surface area contributed by atoms with Crippen LogP contribution >= 0.6 is 0 Å². The van der Waals surface area contributed by atoms with Gasteiger partial charge in [-0.05, 0) is 91.5 Å². The van der Waals surface area contributed by atoms with Gasteiger partial charge in [-0.15, -0.1) is 0 Å². The molecule has 2 aliphatic carbocycles. The second kappa shape index (κ2) is 12.0. The second-order valence-corrected chi connectivity index (χ2v) is 10.5. The van der Waals surface area contributed by atoms with E-state index in [0.717, 1.165) is 39.0 Å². The van der Waals surface area contributed by atoms with Gasteiger partial charge in [0.1, 0.15) is 0 Å². The molecule has 0 heterocycles. The number of hydrogen-bond donors (Lipinski definition) is 0. The molecular weight excluding hydrogens is 424 g/mol. The van der Waals surface area contributed by atoms with Crippen LogP contribution in [-0.4, -0.2) is 26.2 Å². The Labute approximate surface area is 214 Å². The van der Waals surface area contributed by atoms with Crippen LogP contribution in [0.1, 0.15) is 89.0 Å². The predicted octanol–water partition coefficient (Wildman–Crippen LogP) is 8.54. The van der Waals surface area contributed by atoms with Crippen molar-refractivity contribution in [3.05, 3.63) is 69.8 Å². The van der Waals surface area contributed by atoms with E-state index in [-0.39, 0.29) is 0 Å². The predicted molar refractivity (Wildman–Crippen MR) is 156 cm³/mol. The number of benzene rings is 2. The molecule has 2 aromatic rings. The highest BCUT2D eigenvalue weighted by Gasteiger charge is 2.26. The Morgan fingerprint density at radius 1 is 0.600 bits per heavy atom. The van der Waals surface area contributed by atoms with Crippen LogP contribution in [0.5, 0.6) is 0 Å². The van der Waals surface area contributed by atoms with E-state index in [1.54, 1.807) is 11.1 Å². The number of nitrogens with zero attached hydrogens (tertiary/aromatic N) is 2. The molecule has 0 N–H and O–H groups in total. The smallest absolute Gasteiger partial charge is 0.0369 e. The molecule has 0 aromatic heterocycles. The maximum Gasteiger partial charge on any atom is 0.0369 e. The minimum atomic E-state index is 0.548. The fourth-order valence-electron chi connectivity index (χ4n) is 6.14. The molecule has 2 aromatic carbocycles. The van der Waals surface area contributed by atoms with Crippen LogP contribution in [0.2, 0.25) is 0 Å². The van der Waals surface area contributed by atoms with E-state index in [1.165, 1.54) is 65.7 Å². The van der Waals surface area contributed by atoms with Crippen molar-refractivity contribution in [2.24, 2.45) is 5.92 Å². The van der Waals surface area contributed by atoms with E-state index in [9.17, 15) is 0 Å². The first-order valence-corrected chi connectivity index (χ1v) is 14.3. The van der Waals surface area contributed by atoms with Crippen LogP contribution in [0.25, 0.3) is 12.2 Å². The van der Waals surface area contributed by atoms with Crippen molar-refractivity contribution in [3.63, 3.8) is 0 Å². The molecule has 0 saturated carbocycles. The summed E-state index contributed by atoms with van der Waals surface area (Å²) in [5.41, 5.74) is 11.9. The van der Waals surface area contributed by atoms with Crippen LogP contribution in [0, 0.1) is 5.92 Å². The molecular formula is C33H46N2. The summed E-state index contributed by atoms with van der Waals surface area (Å²) in [6, 6.07) is 14.4. The average Bonchev–Trinajstić information content (AvgIpc) is 3.47. The molecule has 0 radical (unpaired) electrons. The Balaban J connectivity index is 1.49. The van der Waals surface area contributed by atoms with Crippen LogP contribution in [0.4, 0.5) is 11.4 Å². The van der Waals surface area contributed by atoms with Gasteiger partial charge < -0.3 is 9.80 Å². The third-order valence-electron chi connectivity index (χ3n) is 7.73. The lowest BCUT2D eigenvalue weighted by atomic mass is 9.86. The van der Waals surface area contributed by atoms with Crippen molar-refractivity contribution >= 4 is 23.5 Å². The number of fused-ring (bicyclic) bond motifs is 2. The maximum atomic E-state index is 2.56. The lowest BCUT2D eigenvalue weighted by molar-refractivity contribution is 0.666. The topological polar surface area (TPSA) is 6.48 Å². The van der Waals surface area contributed by atoms with Crippen LogP contribution in [-0.2, 0) is 12.8 Å². The zero-order valence-corrected chi connectivity index (χ0v) is 22.9. The van der Waals surface area contributed by atoms with E-state index in [1.807, 2.05) is 0 Å². The molecule has 188 valence electrons. The van der Waals surface area contributed by atoms with Crippen molar-refractivity contribution < 1.29 is 0 Å². The Hall–Kier alpha value is -2.48. The number of anilines is 2. The van der Waals surface area contributed by atoms with Gasteiger partial charge in [0.25, 0.3) is 0 Å². The molecule has 2 nitrogen and oxygen atoms in total. The van der Waals surface area contributed by atoms with Gasteiger partial charge in [-0.1, -0.05) is 70.0 Å². The summed E-state index contributed by atoms with van der Waals surface area (Å²) in [5.74, 6) is 0.548. The summed E-state index contributed by atoms with van der Waals surface area (Å²) >= 11 is 0. The largest absolute Gasteiger partial charge is 0.372 e. The summed E-state index contributed by atoms with van der Waals surface area (Å²) in [7, 11) is 0. The first kappa shape index (κ1) is 25.6. The molecule has 0 unspecified atom stereocenters. The van der Waals surface area contributed by atoms with Crippen LogP contribution in [0.3, 0.4) is 0 Å². The first-order valence-electron chi connectivity index (χ1n) is 14.3. The molecule has 0 aliphatic heterocycles. The molecule has 4 rings (SSSR count). The standard InChI is InChI=1S/C33H46N2/c1-6-15-34(16-7-2)31-13-11-25-19-29(21-27(25)23-31)33(10-5)30-20-26-12-14-32(24-28(26)22-30)35(17-8-3)18-9-4/h11-14,19-20,23-24,33H,6-10,15-18,21-22H2,1-5H3. The Morgan fingerprint density at radius 2 is 1.00 bits per heavy atom. The third-order valence-corrected chi connectivity index (χ3v) is 7.73. The SMILES string of the molecule is CCCN(CCC)c1ccc2c(c1)CC(C(CC)C1=Cc3ccc(N(CCC)CCC)cc3C1)=C2. The highest BCUT2D eigenvalue weighted by Crippen LogP contribution is 2.41. The molecule has 2 aliphatic rings. The lowest BCUT2D eigenvalue weighted by Gasteiger charge is -2.24. The molecule has 0 fully saturated rings. The van der Waals surface area contributed by atoms with Gasteiger partial charge in [0.2, 0.25) is 0 Å². The Bertz CT molecular complexity index is 965. The minimum absolute atomic E-state index is 0.548. The highest BCUT2D eigenvalue weighted by molar-refractivity contribution is 5.72. The average molecular weight is 471 g/mol. The summed E-state index contributed by atoms with van der Waals surface area (Å²) in [4.78, 5) is 5.12. The van der Waals surface area contributed by atoms with Crippen molar-refractivity contribution in [1.82, 2.24) is 0 Å². The van der Waals surface area contributed by atoms with Crippen molar-refractivity contribution in [1.29, 1.82) is 0 Å². The van der Waals surface area contributed by atoms with E-state index < -0.39 is 0 Å². The number of rotatable bonds is 13. The summed E-state index contributed by atoms with van der Waals surface area (Å²) in [5, 5.41) is 0. The summed E-state index contributed by atoms with van der Waals surface area (Å²) < 4.78 is 0. The maximum absolute atomic E-state index is 2.56.